The molecule has 1 unspecified atom stereocenters. The molecule has 6 atom stereocenters. The van der Waals surface area contributed by atoms with E-state index in [1.807, 2.05) is 12.1 Å². The predicted molar refractivity (Wildman–Crippen MR) is 198 cm³/mol. The lowest BCUT2D eigenvalue weighted by Crippen LogP contribution is -2.63. The third kappa shape index (κ3) is 14.9. The van der Waals surface area contributed by atoms with Gasteiger partial charge in [0.15, 0.2) is 6.17 Å². The van der Waals surface area contributed by atoms with E-state index in [1.165, 1.54) is 19.4 Å². The molecule has 18 heteroatoms. The molecule has 0 saturated carbocycles. The van der Waals surface area contributed by atoms with Crippen molar-refractivity contribution < 1.29 is 43.9 Å². The fraction of sp³-hybridized carbons (Fsp3) is 0.486. The van der Waals surface area contributed by atoms with Crippen LogP contribution >= 0.6 is 0 Å². The maximum absolute atomic E-state index is 13.5. The van der Waals surface area contributed by atoms with E-state index in [9.17, 15) is 43.9 Å². The Morgan fingerprint density at radius 2 is 1.32 bits per heavy atom. The molecule has 0 bridgehead atoms. The molecule has 53 heavy (non-hydrogen) atoms. The van der Waals surface area contributed by atoms with Crippen molar-refractivity contribution in [1.82, 2.24) is 26.6 Å². The Morgan fingerprint density at radius 1 is 0.736 bits per heavy atom. The number of carbonyl (C=O) groups excluding carboxylic acids is 6. The molecule has 0 saturated heterocycles. The van der Waals surface area contributed by atoms with E-state index < -0.39 is 85.3 Å². The summed E-state index contributed by atoms with van der Waals surface area (Å²) in [4.78, 5) is 76.7. The van der Waals surface area contributed by atoms with Crippen molar-refractivity contribution in [3.8, 4) is 11.1 Å². The SMILES string of the molecule is CCCCc1ccc(-c2ccc(C(=O)N[C@@H](CCCCN)C(=O)N[C@H](C(=O)N[C@@H](N)C(=O)NC(CC(N)=O)C(=O)N[C@@H](C)B(O)O)[C@@H](C)O)cc2)cc1. The predicted octanol–water partition coefficient (Wildman–Crippen LogP) is -1.93. The van der Waals surface area contributed by atoms with Crippen molar-refractivity contribution in [3.63, 3.8) is 0 Å². The van der Waals surface area contributed by atoms with Crippen LogP contribution in [-0.2, 0) is 30.4 Å². The van der Waals surface area contributed by atoms with Crippen molar-refractivity contribution in [3.05, 3.63) is 59.7 Å². The van der Waals surface area contributed by atoms with E-state index in [2.05, 4.69) is 45.6 Å². The van der Waals surface area contributed by atoms with Gasteiger partial charge in [0.25, 0.3) is 11.8 Å². The fourth-order valence-electron chi connectivity index (χ4n) is 5.10. The molecule has 0 aliphatic heterocycles. The molecule has 0 spiro atoms. The van der Waals surface area contributed by atoms with Crippen LogP contribution in [0, 0.1) is 0 Å². The van der Waals surface area contributed by atoms with Crippen LogP contribution in [-0.4, -0.2) is 101 Å². The second-order valence-electron chi connectivity index (χ2n) is 12.8. The first kappa shape index (κ1) is 44.3. The summed E-state index contributed by atoms with van der Waals surface area (Å²) in [6, 6.07) is 10.7. The molecular formula is C35H53BN8O9. The van der Waals surface area contributed by atoms with Crippen LogP contribution in [0.15, 0.2) is 48.5 Å². The first-order valence-electron chi connectivity index (χ1n) is 17.6. The average molecular weight is 741 g/mol. The van der Waals surface area contributed by atoms with Crippen molar-refractivity contribution in [2.24, 2.45) is 17.2 Å². The standard InChI is InChI=1S/C35H53BN8O9/c1-4-5-8-22-10-12-23(13-11-22)24-14-16-25(17-15-24)31(47)41-26(9-6-7-18-37)32(48)43-29(20(2)45)34(50)44-30(39)35(51)42-27(19-28(38)46)33(49)40-21(3)36(52)53/h10-17,20-21,26-27,29-30,45,52-53H,4-9,18-19,37,39H2,1-3H3,(H2,38,46)(H,40,49)(H,41,47)(H,42,51)(H,43,48)(H,44,50)/t20-,21+,26+,27?,29+,30-/m1/s1. The highest BCUT2D eigenvalue weighted by Gasteiger charge is 2.33. The highest BCUT2D eigenvalue weighted by Crippen LogP contribution is 2.21. The largest absolute Gasteiger partial charge is 0.475 e. The summed E-state index contributed by atoms with van der Waals surface area (Å²) < 4.78 is 0. The Hall–Kier alpha value is -4.88. The van der Waals surface area contributed by atoms with Gasteiger partial charge in [-0.15, -0.1) is 0 Å². The van der Waals surface area contributed by atoms with Gasteiger partial charge in [0.05, 0.1) is 18.5 Å². The maximum Gasteiger partial charge on any atom is 0.475 e. The van der Waals surface area contributed by atoms with Crippen molar-refractivity contribution >= 4 is 42.6 Å². The highest BCUT2D eigenvalue weighted by molar-refractivity contribution is 6.43. The Balaban J connectivity index is 2.12. The monoisotopic (exact) mass is 740 g/mol. The molecular weight excluding hydrogens is 687 g/mol. The molecule has 14 N–H and O–H groups in total. The number of hydrogen-bond donors (Lipinski definition) is 11. The Labute approximate surface area is 309 Å². The molecule has 17 nitrogen and oxygen atoms in total. The van der Waals surface area contributed by atoms with E-state index in [0.29, 0.717) is 19.4 Å². The molecule has 0 aliphatic carbocycles. The van der Waals surface area contributed by atoms with Crippen molar-refractivity contribution in [2.45, 2.75) is 102 Å². The van der Waals surface area contributed by atoms with E-state index in [1.54, 1.807) is 24.3 Å². The number of aryl methyl sites for hydroxylation is 1. The number of primary amides is 1. The van der Waals surface area contributed by atoms with Gasteiger partial charge in [0, 0.05) is 5.56 Å². The first-order chi connectivity index (χ1) is 25.1. The van der Waals surface area contributed by atoms with Gasteiger partial charge < -0.3 is 58.9 Å². The van der Waals surface area contributed by atoms with Crippen molar-refractivity contribution in [1.29, 1.82) is 0 Å². The lowest BCUT2D eigenvalue weighted by atomic mass is 9.81. The zero-order valence-corrected chi connectivity index (χ0v) is 30.3. The molecule has 0 aliphatic rings. The Kier molecular flexibility index (Phi) is 18.6. The first-order valence-corrected chi connectivity index (χ1v) is 17.6. The average Bonchev–Trinajstić information content (AvgIpc) is 3.11. The van der Waals surface area contributed by atoms with Crippen LogP contribution in [0.2, 0.25) is 0 Å². The van der Waals surface area contributed by atoms with E-state index in [0.717, 1.165) is 30.4 Å². The van der Waals surface area contributed by atoms with E-state index in [4.69, 9.17) is 17.2 Å². The molecule has 6 amide bonds. The minimum atomic E-state index is -1.94. The second kappa shape index (κ2) is 22.3. The normalized spacial score (nSPS) is 14.3. The molecule has 0 radical (unpaired) electrons. The van der Waals surface area contributed by atoms with Crippen LogP contribution in [0.5, 0.6) is 0 Å². The number of carbonyl (C=O) groups is 6. The van der Waals surface area contributed by atoms with Gasteiger partial charge in [-0.25, -0.2) is 0 Å². The number of rotatable bonds is 22. The lowest BCUT2D eigenvalue weighted by Gasteiger charge is -2.26. The molecule has 0 heterocycles. The van der Waals surface area contributed by atoms with Crippen LogP contribution in [0.3, 0.4) is 0 Å². The van der Waals surface area contributed by atoms with E-state index in [-0.39, 0.29) is 12.0 Å². The Morgan fingerprint density at radius 3 is 1.85 bits per heavy atom. The van der Waals surface area contributed by atoms with Gasteiger partial charge in [-0.1, -0.05) is 49.7 Å². The van der Waals surface area contributed by atoms with Crippen LogP contribution in [0.25, 0.3) is 11.1 Å². The van der Waals surface area contributed by atoms with Gasteiger partial charge >= 0.3 is 7.12 Å². The summed E-state index contributed by atoms with van der Waals surface area (Å²) in [5, 5.41) is 40.4. The number of aliphatic hydroxyl groups is 1. The van der Waals surface area contributed by atoms with Gasteiger partial charge in [0.2, 0.25) is 23.6 Å². The third-order valence-corrected chi connectivity index (χ3v) is 8.32. The van der Waals surface area contributed by atoms with Gasteiger partial charge in [0.1, 0.15) is 18.1 Å². The summed E-state index contributed by atoms with van der Waals surface area (Å²) in [6.45, 7) is 4.95. The number of amides is 6. The summed E-state index contributed by atoms with van der Waals surface area (Å²) in [5.74, 6) is -6.71. The maximum atomic E-state index is 13.5. The zero-order valence-electron chi connectivity index (χ0n) is 30.3. The van der Waals surface area contributed by atoms with Crippen LogP contribution < -0.4 is 43.8 Å². The molecule has 0 fully saturated rings. The van der Waals surface area contributed by atoms with Crippen molar-refractivity contribution in [2.75, 3.05) is 6.54 Å². The van der Waals surface area contributed by atoms with E-state index >= 15 is 0 Å². The molecule has 2 aromatic rings. The smallest absolute Gasteiger partial charge is 0.426 e. The fourth-order valence-corrected chi connectivity index (χ4v) is 5.10. The molecule has 2 rings (SSSR count). The number of nitrogens with one attached hydrogen (secondary N) is 5. The summed E-state index contributed by atoms with van der Waals surface area (Å²) >= 11 is 0. The van der Waals surface area contributed by atoms with Gasteiger partial charge in [-0.3, -0.25) is 28.8 Å². The quantitative estimate of drug-likeness (QED) is 0.0359. The molecule has 290 valence electrons. The number of aliphatic hydroxyl groups excluding tert-OH is 1. The third-order valence-electron chi connectivity index (χ3n) is 8.32. The topological polar surface area (TPSA) is 301 Å². The summed E-state index contributed by atoms with van der Waals surface area (Å²) in [7, 11) is -1.94. The summed E-state index contributed by atoms with van der Waals surface area (Å²) in [5.41, 5.74) is 20.0. The Bertz CT molecular complexity index is 1530. The number of hydrogen-bond acceptors (Lipinski definition) is 11. The molecule has 0 aromatic heterocycles. The lowest BCUT2D eigenvalue weighted by molar-refractivity contribution is -0.136. The minimum Gasteiger partial charge on any atom is -0.426 e. The summed E-state index contributed by atoms with van der Waals surface area (Å²) in [6.07, 6.45) is 0.354. The van der Waals surface area contributed by atoms with Gasteiger partial charge in [-0.05, 0) is 81.3 Å². The minimum absolute atomic E-state index is 0.155. The molecule has 2 aromatic carbocycles. The van der Waals surface area contributed by atoms with Gasteiger partial charge in [-0.2, -0.15) is 0 Å². The number of nitrogens with two attached hydrogens (primary N) is 3. The number of benzene rings is 2. The number of unbranched alkanes of at least 4 members (excludes halogenated alkanes) is 2. The second-order valence-corrected chi connectivity index (χ2v) is 12.8. The van der Waals surface area contributed by atoms with Crippen LogP contribution in [0.4, 0.5) is 0 Å². The van der Waals surface area contributed by atoms with Crippen LogP contribution in [0.1, 0.15) is 75.2 Å². The zero-order chi connectivity index (χ0) is 39.7. The highest BCUT2D eigenvalue weighted by atomic mass is 16.4.